The van der Waals surface area contributed by atoms with Crippen LogP contribution in [0.15, 0.2) is 0 Å². The summed E-state index contributed by atoms with van der Waals surface area (Å²) >= 11 is 0. The first kappa shape index (κ1) is 20.4. The Kier molecular flexibility index (Phi) is 13.3. The van der Waals surface area contributed by atoms with E-state index in [1.54, 1.807) is 0 Å². The van der Waals surface area contributed by atoms with Crippen LogP contribution in [0.4, 0.5) is 0 Å². The molecule has 1 heterocycles. The van der Waals surface area contributed by atoms with E-state index >= 15 is 0 Å². The molecule has 0 aliphatic carbocycles. The molecule has 136 valence electrons. The molecule has 0 bridgehead atoms. The van der Waals surface area contributed by atoms with Gasteiger partial charge in [-0.2, -0.15) is 0 Å². The first-order valence-electron chi connectivity index (χ1n) is 9.81. The molecule has 1 saturated heterocycles. The highest BCUT2D eigenvalue weighted by Crippen LogP contribution is 2.11. The fourth-order valence-corrected chi connectivity index (χ4v) is 2.98. The average molecular weight is 328 g/mol. The van der Waals surface area contributed by atoms with Crippen molar-refractivity contribution in [1.29, 1.82) is 0 Å². The summed E-state index contributed by atoms with van der Waals surface area (Å²) in [5, 5.41) is 3.31. The quantitative estimate of drug-likeness (QED) is 0.383. The molecule has 0 unspecified atom stereocenters. The molecule has 1 fully saturated rings. The van der Waals surface area contributed by atoms with Crippen LogP contribution in [0.1, 0.15) is 84.0 Å². The first-order valence-corrected chi connectivity index (χ1v) is 9.81. The maximum atomic E-state index is 11.6. The molecule has 1 aliphatic heterocycles. The van der Waals surface area contributed by atoms with Gasteiger partial charge in [0.2, 0.25) is 0 Å². The number of hydrogen-bond acceptors (Lipinski definition) is 4. The Morgan fingerprint density at radius 1 is 0.913 bits per heavy atom. The lowest BCUT2D eigenvalue weighted by Gasteiger charge is -2.22. The molecule has 1 rings (SSSR count). The lowest BCUT2D eigenvalue weighted by atomic mass is 10.1. The van der Waals surface area contributed by atoms with Gasteiger partial charge in [-0.05, 0) is 32.4 Å². The Hall–Kier alpha value is -0.610. The van der Waals surface area contributed by atoms with E-state index < -0.39 is 0 Å². The van der Waals surface area contributed by atoms with Gasteiger partial charge in [0.15, 0.2) is 0 Å². The minimum absolute atomic E-state index is 0.0677. The van der Waals surface area contributed by atoms with E-state index in [0.29, 0.717) is 25.7 Å². The second-order valence-corrected chi connectivity index (χ2v) is 6.62. The van der Waals surface area contributed by atoms with Crippen molar-refractivity contribution in [3.63, 3.8) is 0 Å². The fraction of sp³-hybridized carbons (Fsp3) is 0.947. The molecule has 23 heavy (non-hydrogen) atoms. The normalized spacial score (nSPS) is 15.7. The lowest BCUT2D eigenvalue weighted by molar-refractivity contribution is -0.146. The Balaban J connectivity index is 1.79. The predicted octanol–water partition coefficient (Wildman–Crippen LogP) is 4.22. The van der Waals surface area contributed by atoms with Gasteiger partial charge in [-0.25, -0.2) is 0 Å². The number of piperidine rings is 1. The van der Waals surface area contributed by atoms with E-state index in [1.165, 1.54) is 44.9 Å². The maximum absolute atomic E-state index is 11.6. The topological polar surface area (TPSA) is 47.6 Å². The first-order chi connectivity index (χ1) is 11.3. The summed E-state index contributed by atoms with van der Waals surface area (Å²) in [6.45, 7) is 5.25. The van der Waals surface area contributed by atoms with Crippen molar-refractivity contribution in [2.75, 3.05) is 26.3 Å². The van der Waals surface area contributed by atoms with Crippen molar-refractivity contribution in [3.8, 4) is 0 Å². The zero-order chi connectivity index (χ0) is 16.6. The number of carbonyl (C=O) groups excluding carboxylic acids is 1. The minimum atomic E-state index is -0.0677. The van der Waals surface area contributed by atoms with Gasteiger partial charge in [0, 0.05) is 6.42 Å². The number of rotatable bonds is 14. The monoisotopic (exact) mass is 327 g/mol. The van der Waals surface area contributed by atoms with Crippen LogP contribution in [0.25, 0.3) is 0 Å². The van der Waals surface area contributed by atoms with Crippen molar-refractivity contribution in [2.45, 2.75) is 90.1 Å². The highest BCUT2D eigenvalue weighted by atomic mass is 16.6. The van der Waals surface area contributed by atoms with Gasteiger partial charge in [0.05, 0.1) is 12.7 Å². The SMILES string of the molecule is CCCCCCCCCCCC(=O)OCCOC1CCNCC1. The third-order valence-electron chi connectivity index (χ3n) is 4.47. The number of unbranched alkanes of at least 4 members (excludes halogenated alkanes) is 8. The van der Waals surface area contributed by atoms with Gasteiger partial charge in [-0.15, -0.1) is 0 Å². The van der Waals surface area contributed by atoms with E-state index in [1.807, 2.05) is 0 Å². The molecule has 4 heteroatoms. The Labute approximate surface area is 142 Å². The van der Waals surface area contributed by atoms with Gasteiger partial charge in [-0.1, -0.05) is 58.3 Å². The number of hydrogen-bond donors (Lipinski definition) is 1. The van der Waals surface area contributed by atoms with E-state index in [0.717, 1.165) is 38.8 Å². The van der Waals surface area contributed by atoms with Crippen molar-refractivity contribution >= 4 is 5.97 Å². The van der Waals surface area contributed by atoms with E-state index in [2.05, 4.69) is 12.2 Å². The largest absolute Gasteiger partial charge is 0.463 e. The standard InChI is InChI=1S/C19H37NO3/c1-2-3-4-5-6-7-8-9-10-11-19(21)23-17-16-22-18-12-14-20-15-13-18/h18,20H,2-17H2,1H3. The Morgan fingerprint density at radius 2 is 1.52 bits per heavy atom. The Morgan fingerprint density at radius 3 is 2.17 bits per heavy atom. The summed E-state index contributed by atoms with van der Waals surface area (Å²) in [5.74, 6) is -0.0677. The van der Waals surface area contributed by atoms with Gasteiger partial charge < -0.3 is 14.8 Å². The molecule has 0 spiro atoms. The smallest absolute Gasteiger partial charge is 0.305 e. The summed E-state index contributed by atoms with van der Waals surface area (Å²) in [5.41, 5.74) is 0. The van der Waals surface area contributed by atoms with E-state index in [4.69, 9.17) is 9.47 Å². The molecule has 1 aliphatic rings. The van der Waals surface area contributed by atoms with Gasteiger partial charge >= 0.3 is 5.97 Å². The molecule has 0 saturated carbocycles. The average Bonchev–Trinajstić information content (AvgIpc) is 2.58. The summed E-state index contributed by atoms with van der Waals surface area (Å²) < 4.78 is 10.9. The molecule has 0 aromatic heterocycles. The molecule has 0 aromatic carbocycles. The van der Waals surface area contributed by atoms with Gasteiger partial charge in [0.25, 0.3) is 0 Å². The summed E-state index contributed by atoms with van der Waals surface area (Å²) in [4.78, 5) is 11.6. The number of esters is 1. The van der Waals surface area contributed by atoms with Crippen LogP contribution in [0, 0.1) is 0 Å². The number of carbonyl (C=O) groups is 1. The molecular formula is C19H37NO3. The van der Waals surface area contributed by atoms with E-state index in [-0.39, 0.29) is 5.97 Å². The van der Waals surface area contributed by atoms with Crippen LogP contribution < -0.4 is 5.32 Å². The van der Waals surface area contributed by atoms with Crippen LogP contribution in [-0.2, 0) is 14.3 Å². The predicted molar refractivity (Wildman–Crippen MR) is 94.6 cm³/mol. The summed E-state index contributed by atoms with van der Waals surface area (Å²) in [7, 11) is 0. The number of nitrogens with one attached hydrogen (secondary N) is 1. The Bertz CT molecular complexity index is 278. The van der Waals surface area contributed by atoms with Crippen LogP contribution >= 0.6 is 0 Å². The van der Waals surface area contributed by atoms with Crippen molar-refractivity contribution in [2.24, 2.45) is 0 Å². The lowest BCUT2D eigenvalue weighted by Crippen LogP contribution is -2.33. The molecule has 1 N–H and O–H groups in total. The van der Waals surface area contributed by atoms with Crippen LogP contribution in [-0.4, -0.2) is 38.4 Å². The highest BCUT2D eigenvalue weighted by molar-refractivity contribution is 5.69. The zero-order valence-corrected chi connectivity index (χ0v) is 15.1. The second kappa shape index (κ2) is 14.9. The van der Waals surface area contributed by atoms with Crippen molar-refractivity contribution < 1.29 is 14.3 Å². The maximum Gasteiger partial charge on any atom is 0.305 e. The van der Waals surface area contributed by atoms with Crippen molar-refractivity contribution in [1.82, 2.24) is 5.32 Å². The van der Waals surface area contributed by atoms with Crippen LogP contribution in [0.5, 0.6) is 0 Å². The molecule has 0 atom stereocenters. The number of ether oxygens (including phenoxy) is 2. The zero-order valence-electron chi connectivity index (χ0n) is 15.1. The third kappa shape index (κ3) is 12.5. The molecule has 0 amide bonds. The third-order valence-corrected chi connectivity index (χ3v) is 4.47. The molecule has 0 radical (unpaired) electrons. The van der Waals surface area contributed by atoms with E-state index in [9.17, 15) is 4.79 Å². The minimum Gasteiger partial charge on any atom is -0.463 e. The molecule has 0 aromatic rings. The van der Waals surface area contributed by atoms with Gasteiger partial charge in [-0.3, -0.25) is 4.79 Å². The highest BCUT2D eigenvalue weighted by Gasteiger charge is 2.13. The van der Waals surface area contributed by atoms with Crippen LogP contribution in [0.2, 0.25) is 0 Å². The van der Waals surface area contributed by atoms with Crippen molar-refractivity contribution in [3.05, 3.63) is 0 Å². The fourth-order valence-electron chi connectivity index (χ4n) is 2.98. The summed E-state index contributed by atoms with van der Waals surface area (Å²) in [6.07, 6.45) is 14.5. The summed E-state index contributed by atoms with van der Waals surface area (Å²) in [6, 6.07) is 0. The molecular weight excluding hydrogens is 290 g/mol. The van der Waals surface area contributed by atoms with Crippen LogP contribution in [0.3, 0.4) is 0 Å². The molecule has 4 nitrogen and oxygen atoms in total. The van der Waals surface area contributed by atoms with Gasteiger partial charge in [0.1, 0.15) is 6.61 Å². The second-order valence-electron chi connectivity index (χ2n) is 6.62.